The smallest absolute Gasteiger partial charge is 0.190 e. The van der Waals surface area contributed by atoms with Crippen molar-refractivity contribution in [3.63, 3.8) is 0 Å². The molecule has 12 heavy (non-hydrogen) atoms. The lowest BCUT2D eigenvalue weighted by Gasteiger charge is -2.03. The molecule has 0 spiro atoms. The second-order valence-electron chi connectivity index (χ2n) is 3.01. The van der Waals surface area contributed by atoms with Crippen LogP contribution in [0.4, 0.5) is 5.69 Å². The van der Waals surface area contributed by atoms with E-state index in [1.54, 1.807) is 0 Å². The monoisotopic (exact) mass is 159 g/mol. The fourth-order valence-electron chi connectivity index (χ4n) is 1.72. The van der Waals surface area contributed by atoms with Gasteiger partial charge in [-0.1, -0.05) is 18.2 Å². The van der Waals surface area contributed by atoms with Gasteiger partial charge in [-0.25, -0.2) is 4.85 Å². The predicted octanol–water partition coefficient (Wildman–Crippen LogP) is 2.22. The highest BCUT2D eigenvalue weighted by molar-refractivity contribution is 5.57. The highest BCUT2D eigenvalue weighted by atomic mass is 16.3. The Balaban J connectivity index is 2.60. The Morgan fingerprint density at radius 2 is 2.33 bits per heavy atom. The lowest BCUT2D eigenvalue weighted by molar-refractivity contribution is 0.180. The second kappa shape index (κ2) is 2.62. The molecule has 1 aliphatic carbocycles. The Labute approximate surface area is 71.3 Å². The molecule has 2 rings (SSSR count). The largest absolute Gasteiger partial charge is 0.388 e. The van der Waals surface area contributed by atoms with Crippen molar-refractivity contribution in [2.45, 2.75) is 18.9 Å². The highest BCUT2D eigenvalue weighted by Crippen LogP contribution is 2.36. The minimum absolute atomic E-state index is 0.346. The van der Waals surface area contributed by atoms with E-state index in [2.05, 4.69) is 4.85 Å². The van der Waals surface area contributed by atoms with Gasteiger partial charge in [0.25, 0.3) is 0 Å². The molecule has 1 N–H and O–H groups in total. The number of hydrogen-bond acceptors (Lipinski definition) is 1. The van der Waals surface area contributed by atoms with Crippen LogP contribution in [0.1, 0.15) is 23.7 Å². The summed E-state index contributed by atoms with van der Waals surface area (Å²) >= 11 is 0. The Morgan fingerprint density at radius 3 is 3.08 bits per heavy atom. The van der Waals surface area contributed by atoms with Gasteiger partial charge in [-0.2, -0.15) is 0 Å². The first-order valence-electron chi connectivity index (χ1n) is 4.00. The summed E-state index contributed by atoms with van der Waals surface area (Å²) < 4.78 is 0. The standard InChI is InChI=1S/C10H9NO/c1-11-9-4-2-3-8-7(9)5-6-10(8)12/h2-4,10,12H,5-6H2/t10-/m1/s1. The Bertz CT molecular complexity index is 351. The highest BCUT2D eigenvalue weighted by Gasteiger charge is 2.21. The lowest BCUT2D eigenvalue weighted by Crippen LogP contribution is -1.88. The van der Waals surface area contributed by atoms with Crippen LogP contribution in [0.5, 0.6) is 0 Å². The van der Waals surface area contributed by atoms with E-state index < -0.39 is 0 Å². The summed E-state index contributed by atoms with van der Waals surface area (Å²) in [4.78, 5) is 3.42. The van der Waals surface area contributed by atoms with E-state index in [0.717, 1.165) is 24.0 Å². The van der Waals surface area contributed by atoms with Crippen molar-refractivity contribution in [3.8, 4) is 0 Å². The number of rotatable bonds is 0. The van der Waals surface area contributed by atoms with Crippen LogP contribution < -0.4 is 0 Å². The summed E-state index contributed by atoms with van der Waals surface area (Å²) in [6.45, 7) is 6.92. The van der Waals surface area contributed by atoms with E-state index in [9.17, 15) is 5.11 Å². The summed E-state index contributed by atoms with van der Waals surface area (Å²) in [5, 5.41) is 9.50. The van der Waals surface area contributed by atoms with Crippen LogP contribution in [-0.2, 0) is 6.42 Å². The number of aliphatic hydroxyl groups excluding tert-OH is 1. The number of hydrogen-bond donors (Lipinski definition) is 1. The Kier molecular flexibility index (Phi) is 1.60. The molecule has 0 saturated carbocycles. The van der Waals surface area contributed by atoms with Crippen molar-refractivity contribution in [2.75, 3.05) is 0 Å². The molecule has 1 aromatic carbocycles. The van der Waals surface area contributed by atoms with Gasteiger partial charge in [0.1, 0.15) is 0 Å². The molecular weight excluding hydrogens is 150 g/mol. The van der Waals surface area contributed by atoms with Crippen LogP contribution >= 0.6 is 0 Å². The van der Waals surface area contributed by atoms with Crippen LogP contribution in [0.3, 0.4) is 0 Å². The molecule has 1 atom stereocenters. The zero-order valence-electron chi connectivity index (χ0n) is 6.62. The normalized spacial score (nSPS) is 20.2. The van der Waals surface area contributed by atoms with Gasteiger partial charge < -0.3 is 5.11 Å². The molecule has 0 aliphatic heterocycles. The molecule has 2 heteroatoms. The van der Waals surface area contributed by atoms with Crippen LogP contribution in [-0.4, -0.2) is 5.11 Å². The van der Waals surface area contributed by atoms with Crippen LogP contribution in [0.25, 0.3) is 4.85 Å². The van der Waals surface area contributed by atoms with Gasteiger partial charge in [-0.15, -0.1) is 0 Å². The van der Waals surface area contributed by atoms with Crippen molar-refractivity contribution in [1.29, 1.82) is 0 Å². The fourth-order valence-corrected chi connectivity index (χ4v) is 1.72. The molecule has 1 aromatic rings. The average Bonchev–Trinajstić information content (AvgIpc) is 2.48. The van der Waals surface area contributed by atoms with E-state index >= 15 is 0 Å². The summed E-state index contributed by atoms with van der Waals surface area (Å²) in [5.74, 6) is 0. The molecule has 0 radical (unpaired) electrons. The third-order valence-corrected chi connectivity index (χ3v) is 2.33. The number of fused-ring (bicyclic) bond motifs is 1. The minimum Gasteiger partial charge on any atom is -0.388 e. The second-order valence-corrected chi connectivity index (χ2v) is 3.01. The summed E-state index contributed by atoms with van der Waals surface area (Å²) in [5.41, 5.74) is 2.69. The topological polar surface area (TPSA) is 24.6 Å². The first-order valence-corrected chi connectivity index (χ1v) is 4.00. The third-order valence-electron chi connectivity index (χ3n) is 2.33. The van der Waals surface area contributed by atoms with E-state index in [1.165, 1.54) is 0 Å². The van der Waals surface area contributed by atoms with Gasteiger partial charge in [-0.05, 0) is 24.0 Å². The van der Waals surface area contributed by atoms with Crippen LogP contribution in [0, 0.1) is 6.57 Å². The summed E-state index contributed by atoms with van der Waals surface area (Å²) in [7, 11) is 0. The molecule has 60 valence electrons. The maximum Gasteiger partial charge on any atom is 0.190 e. The van der Waals surface area contributed by atoms with Crippen molar-refractivity contribution in [3.05, 3.63) is 40.7 Å². The zero-order valence-corrected chi connectivity index (χ0v) is 6.62. The lowest BCUT2D eigenvalue weighted by atomic mass is 10.1. The minimum atomic E-state index is -0.346. The number of nitrogens with zero attached hydrogens (tertiary/aromatic N) is 1. The van der Waals surface area contributed by atoms with Gasteiger partial charge in [-0.3, -0.25) is 0 Å². The summed E-state index contributed by atoms with van der Waals surface area (Å²) in [6.07, 6.45) is 1.26. The van der Waals surface area contributed by atoms with E-state index in [0.29, 0.717) is 5.69 Å². The SMILES string of the molecule is [C-]#[N+]c1cccc2c1CC[C@H]2O. The van der Waals surface area contributed by atoms with Crippen molar-refractivity contribution >= 4 is 5.69 Å². The maximum atomic E-state index is 9.50. The zero-order chi connectivity index (χ0) is 8.55. The maximum absolute atomic E-state index is 9.50. The van der Waals surface area contributed by atoms with Gasteiger partial charge in [0.15, 0.2) is 5.69 Å². The third kappa shape index (κ3) is 0.910. The van der Waals surface area contributed by atoms with Gasteiger partial charge >= 0.3 is 0 Å². The molecule has 0 aromatic heterocycles. The average molecular weight is 159 g/mol. The molecule has 0 heterocycles. The molecule has 0 amide bonds. The fraction of sp³-hybridized carbons (Fsp3) is 0.300. The van der Waals surface area contributed by atoms with E-state index in [1.807, 2.05) is 18.2 Å². The first kappa shape index (κ1) is 7.33. The first-order chi connectivity index (χ1) is 5.83. The Morgan fingerprint density at radius 1 is 1.50 bits per heavy atom. The van der Waals surface area contributed by atoms with Crippen molar-refractivity contribution in [1.82, 2.24) is 0 Å². The molecule has 0 fully saturated rings. The Hall–Kier alpha value is -1.33. The van der Waals surface area contributed by atoms with Crippen LogP contribution in [0.15, 0.2) is 18.2 Å². The quantitative estimate of drug-likeness (QED) is 0.577. The van der Waals surface area contributed by atoms with Gasteiger partial charge in [0, 0.05) is 0 Å². The van der Waals surface area contributed by atoms with Crippen molar-refractivity contribution < 1.29 is 5.11 Å². The summed E-state index contributed by atoms with van der Waals surface area (Å²) in [6, 6.07) is 5.55. The molecule has 1 aliphatic rings. The van der Waals surface area contributed by atoms with E-state index in [-0.39, 0.29) is 6.10 Å². The molecule has 0 bridgehead atoms. The van der Waals surface area contributed by atoms with Crippen molar-refractivity contribution in [2.24, 2.45) is 0 Å². The van der Waals surface area contributed by atoms with Crippen LogP contribution in [0.2, 0.25) is 0 Å². The molecule has 2 nitrogen and oxygen atoms in total. The molecule has 0 unspecified atom stereocenters. The molecular formula is C10H9NO. The van der Waals surface area contributed by atoms with Gasteiger partial charge in [0.2, 0.25) is 0 Å². The van der Waals surface area contributed by atoms with Gasteiger partial charge in [0.05, 0.1) is 12.7 Å². The van der Waals surface area contributed by atoms with E-state index in [4.69, 9.17) is 6.57 Å². The molecule has 0 saturated heterocycles. The number of benzene rings is 1. The number of aliphatic hydroxyl groups is 1. The predicted molar refractivity (Wildman–Crippen MR) is 46.0 cm³/mol.